The van der Waals surface area contributed by atoms with Crippen LogP contribution in [0.25, 0.3) is 0 Å². The number of nitrogens with zero attached hydrogens (tertiary/aromatic N) is 2. The molecule has 5 nitrogen and oxygen atoms in total. The van der Waals surface area contributed by atoms with E-state index in [1.807, 2.05) is 30.7 Å². The van der Waals surface area contributed by atoms with Gasteiger partial charge in [-0.3, -0.25) is 9.59 Å². The van der Waals surface area contributed by atoms with Crippen molar-refractivity contribution in [1.82, 2.24) is 14.8 Å². The molecule has 1 saturated heterocycles. The third-order valence-corrected chi connectivity index (χ3v) is 2.88. The summed E-state index contributed by atoms with van der Waals surface area (Å²) in [7, 11) is 0. The van der Waals surface area contributed by atoms with Gasteiger partial charge in [-0.2, -0.15) is 0 Å². The molecule has 0 bridgehead atoms. The first-order valence-corrected chi connectivity index (χ1v) is 5.82. The smallest absolute Gasteiger partial charge is 0.271 e. The van der Waals surface area contributed by atoms with Crippen LogP contribution in [0, 0.1) is 0 Å². The summed E-state index contributed by atoms with van der Waals surface area (Å²) in [4.78, 5) is 25.1. The number of nitrogens with one attached hydrogen (secondary N) is 1. The Morgan fingerprint density at radius 2 is 2.24 bits per heavy atom. The Balaban J connectivity index is 2.18. The molecule has 0 atom stereocenters. The van der Waals surface area contributed by atoms with Crippen LogP contribution >= 0.6 is 0 Å². The number of aromatic nitrogens is 1. The van der Waals surface area contributed by atoms with Crippen molar-refractivity contribution in [2.24, 2.45) is 0 Å². The minimum Gasteiger partial charge on any atom is -0.353 e. The summed E-state index contributed by atoms with van der Waals surface area (Å²) in [5.74, 6) is -0.161. The number of piperazine rings is 1. The normalized spacial score (nSPS) is 16.2. The summed E-state index contributed by atoms with van der Waals surface area (Å²) >= 11 is 0. The number of rotatable bonds is 2. The van der Waals surface area contributed by atoms with Crippen LogP contribution in [0.5, 0.6) is 0 Å². The maximum atomic E-state index is 12.3. The predicted molar refractivity (Wildman–Crippen MR) is 63.7 cm³/mol. The summed E-state index contributed by atoms with van der Waals surface area (Å²) in [5.41, 5.74) is 0.648. The van der Waals surface area contributed by atoms with Crippen molar-refractivity contribution in [3.8, 4) is 0 Å². The highest BCUT2D eigenvalue weighted by molar-refractivity contribution is 5.95. The molecular formula is C12H17N3O2. The Kier molecular flexibility index (Phi) is 3.17. The molecule has 17 heavy (non-hydrogen) atoms. The molecule has 5 heteroatoms. The van der Waals surface area contributed by atoms with Crippen LogP contribution in [-0.4, -0.2) is 40.9 Å². The predicted octanol–water partition coefficient (Wildman–Crippen LogP) is 0.641. The van der Waals surface area contributed by atoms with Crippen LogP contribution in [0.2, 0.25) is 0 Å². The molecular weight excluding hydrogens is 218 g/mol. The summed E-state index contributed by atoms with van der Waals surface area (Å²) < 4.78 is 1.93. The van der Waals surface area contributed by atoms with Gasteiger partial charge in [0, 0.05) is 25.3 Å². The van der Waals surface area contributed by atoms with Crippen LogP contribution in [-0.2, 0) is 4.79 Å². The second-order valence-corrected chi connectivity index (χ2v) is 4.47. The molecule has 0 unspecified atom stereocenters. The van der Waals surface area contributed by atoms with Gasteiger partial charge in [0.15, 0.2) is 0 Å². The van der Waals surface area contributed by atoms with E-state index in [1.54, 1.807) is 11.0 Å². The van der Waals surface area contributed by atoms with E-state index in [0.29, 0.717) is 18.8 Å². The van der Waals surface area contributed by atoms with Crippen molar-refractivity contribution >= 4 is 11.8 Å². The monoisotopic (exact) mass is 235 g/mol. The zero-order valence-corrected chi connectivity index (χ0v) is 10.1. The molecule has 1 aromatic heterocycles. The fraction of sp³-hybridized carbons (Fsp3) is 0.500. The fourth-order valence-electron chi connectivity index (χ4n) is 2.00. The molecule has 0 saturated carbocycles. The number of hydrogen-bond donors (Lipinski definition) is 1. The molecule has 1 aromatic rings. The summed E-state index contributed by atoms with van der Waals surface area (Å²) in [6.45, 7) is 5.32. The number of carbonyl (C=O) groups is 2. The van der Waals surface area contributed by atoms with E-state index in [-0.39, 0.29) is 24.4 Å². The Bertz CT molecular complexity index is 437. The standard InChI is InChI=1S/C12H17N3O2/c1-9(2)15-6-3-4-10(15)12(17)14-7-5-13-11(16)8-14/h3-4,6,9H,5,7-8H2,1-2H3,(H,13,16). The number of carbonyl (C=O) groups excluding carboxylic acids is 2. The van der Waals surface area contributed by atoms with Gasteiger partial charge in [-0.25, -0.2) is 0 Å². The SMILES string of the molecule is CC(C)n1cccc1C(=O)N1CCNC(=O)C1. The lowest BCUT2D eigenvalue weighted by Crippen LogP contribution is -2.50. The summed E-state index contributed by atoms with van der Waals surface area (Å²) in [6.07, 6.45) is 1.89. The van der Waals surface area contributed by atoms with E-state index < -0.39 is 0 Å². The van der Waals surface area contributed by atoms with Crippen molar-refractivity contribution in [2.75, 3.05) is 19.6 Å². The topological polar surface area (TPSA) is 54.3 Å². The van der Waals surface area contributed by atoms with Crippen molar-refractivity contribution in [3.05, 3.63) is 24.0 Å². The van der Waals surface area contributed by atoms with Crippen LogP contribution in [0.3, 0.4) is 0 Å². The van der Waals surface area contributed by atoms with Crippen molar-refractivity contribution < 1.29 is 9.59 Å². The molecule has 92 valence electrons. The van der Waals surface area contributed by atoms with E-state index in [2.05, 4.69) is 5.32 Å². The maximum absolute atomic E-state index is 12.3. The third kappa shape index (κ3) is 2.33. The Morgan fingerprint density at radius 3 is 2.88 bits per heavy atom. The van der Waals surface area contributed by atoms with Crippen LogP contribution in [0.15, 0.2) is 18.3 Å². The van der Waals surface area contributed by atoms with Gasteiger partial charge in [0.1, 0.15) is 5.69 Å². The Hall–Kier alpha value is -1.78. The van der Waals surface area contributed by atoms with E-state index in [4.69, 9.17) is 0 Å². The van der Waals surface area contributed by atoms with Gasteiger partial charge in [0.05, 0.1) is 6.54 Å². The number of amides is 2. The molecule has 1 fully saturated rings. The minimum absolute atomic E-state index is 0.0708. The fourth-order valence-corrected chi connectivity index (χ4v) is 2.00. The summed E-state index contributed by atoms with van der Waals surface area (Å²) in [5, 5.41) is 2.71. The highest BCUT2D eigenvalue weighted by atomic mass is 16.2. The van der Waals surface area contributed by atoms with E-state index in [1.165, 1.54) is 0 Å². The quantitative estimate of drug-likeness (QED) is 0.818. The first kappa shape index (κ1) is 11.7. The molecule has 0 aliphatic carbocycles. The van der Waals surface area contributed by atoms with Crippen molar-refractivity contribution in [3.63, 3.8) is 0 Å². The lowest BCUT2D eigenvalue weighted by Gasteiger charge is -2.27. The second kappa shape index (κ2) is 4.61. The second-order valence-electron chi connectivity index (χ2n) is 4.47. The highest BCUT2D eigenvalue weighted by Crippen LogP contribution is 2.13. The molecule has 2 rings (SSSR count). The highest BCUT2D eigenvalue weighted by Gasteiger charge is 2.24. The van der Waals surface area contributed by atoms with Gasteiger partial charge in [-0.05, 0) is 26.0 Å². The van der Waals surface area contributed by atoms with Gasteiger partial charge in [0.25, 0.3) is 5.91 Å². The van der Waals surface area contributed by atoms with Crippen LogP contribution < -0.4 is 5.32 Å². The van der Waals surface area contributed by atoms with Gasteiger partial charge in [-0.1, -0.05) is 0 Å². The summed E-state index contributed by atoms with van der Waals surface area (Å²) in [6, 6.07) is 3.90. The lowest BCUT2D eigenvalue weighted by molar-refractivity contribution is -0.123. The zero-order valence-electron chi connectivity index (χ0n) is 10.1. The van der Waals surface area contributed by atoms with E-state index in [9.17, 15) is 9.59 Å². The third-order valence-electron chi connectivity index (χ3n) is 2.88. The van der Waals surface area contributed by atoms with Gasteiger partial charge < -0.3 is 14.8 Å². The van der Waals surface area contributed by atoms with E-state index in [0.717, 1.165) is 0 Å². The first-order chi connectivity index (χ1) is 8.09. The lowest BCUT2D eigenvalue weighted by atomic mass is 10.3. The maximum Gasteiger partial charge on any atom is 0.271 e. The molecule has 1 aliphatic rings. The molecule has 0 radical (unpaired) electrons. The Morgan fingerprint density at radius 1 is 1.47 bits per heavy atom. The van der Waals surface area contributed by atoms with Crippen LogP contribution in [0.4, 0.5) is 0 Å². The first-order valence-electron chi connectivity index (χ1n) is 5.82. The van der Waals surface area contributed by atoms with Crippen LogP contribution in [0.1, 0.15) is 30.4 Å². The Labute approximate surface area is 100 Å². The molecule has 0 aromatic carbocycles. The van der Waals surface area contributed by atoms with Gasteiger partial charge in [-0.15, -0.1) is 0 Å². The average molecular weight is 235 g/mol. The molecule has 2 amide bonds. The molecule has 0 spiro atoms. The van der Waals surface area contributed by atoms with E-state index >= 15 is 0 Å². The average Bonchev–Trinajstić information content (AvgIpc) is 2.77. The van der Waals surface area contributed by atoms with Gasteiger partial charge in [0.2, 0.25) is 5.91 Å². The molecule has 2 heterocycles. The zero-order chi connectivity index (χ0) is 12.4. The van der Waals surface area contributed by atoms with Crippen molar-refractivity contribution in [2.45, 2.75) is 19.9 Å². The molecule has 1 N–H and O–H groups in total. The largest absolute Gasteiger partial charge is 0.353 e. The van der Waals surface area contributed by atoms with Gasteiger partial charge >= 0.3 is 0 Å². The van der Waals surface area contributed by atoms with Crippen molar-refractivity contribution in [1.29, 1.82) is 0 Å². The number of hydrogen-bond acceptors (Lipinski definition) is 2. The molecule has 1 aliphatic heterocycles. The minimum atomic E-state index is -0.0905.